The highest BCUT2D eigenvalue weighted by Gasteiger charge is 2.09. The minimum Gasteiger partial charge on any atom is -0.389 e. The lowest BCUT2D eigenvalue weighted by molar-refractivity contribution is 0.0726. The molecule has 2 aromatic rings. The van der Waals surface area contributed by atoms with Crippen LogP contribution in [0, 0.1) is 0 Å². The van der Waals surface area contributed by atoms with Crippen molar-refractivity contribution in [1.82, 2.24) is 24.7 Å². The molecule has 0 bridgehead atoms. The van der Waals surface area contributed by atoms with Crippen molar-refractivity contribution >= 4 is 11.9 Å². The van der Waals surface area contributed by atoms with Crippen LogP contribution in [0.3, 0.4) is 0 Å². The molecule has 0 aromatic carbocycles. The number of aliphatic hydroxyl groups is 1. The summed E-state index contributed by atoms with van der Waals surface area (Å²) in [4.78, 5) is 12.3. The van der Waals surface area contributed by atoms with Crippen LogP contribution in [-0.4, -0.2) is 56.2 Å². The second kappa shape index (κ2) is 6.75. The van der Waals surface area contributed by atoms with E-state index in [1.165, 1.54) is 11.8 Å². The van der Waals surface area contributed by atoms with E-state index in [-0.39, 0.29) is 25.0 Å². The molecule has 0 saturated heterocycles. The molecule has 0 saturated carbocycles. The smallest absolute Gasteiger partial charge is 0.257 e. The summed E-state index contributed by atoms with van der Waals surface area (Å²) in [5.41, 5.74) is 2.35. The van der Waals surface area contributed by atoms with E-state index in [2.05, 4.69) is 30.8 Å². The van der Waals surface area contributed by atoms with Crippen molar-refractivity contribution in [2.24, 2.45) is 5.84 Å². The predicted molar refractivity (Wildman–Crippen MR) is 71.1 cm³/mol. The van der Waals surface area contributed by atoms with Crippen molar-refractivity contribution < 1.29 is 9.84 Å². The Morgan fingerprint density at radius 2 is 2.20 bits per heavy atom. The van der Waals surface area contributed by atoms with E-state index in [4.69, 9.17) is 10.6 Å². The number of aliphatic hydroxyl groups excluding tert-OH is 1. The van der Waals surface area contributed by atoms with Gasteiger partial charge >= 0.3 is 0 Å². The van der Waals surface area contributed by atoms with Crippen LogP contribution in [0.25, 0.3) is 5.95 Å². The Morgan fingerprint density at radius 3 is 2.85 bits per heavy atom. The van der Waals surface area contributed by atoms with Gasteiger partial charge in [-0.25, -0.2) is 10.5 Å². The van der Waals surface area contributed by atoms with E-state index in [1.54, 1.807) is 18.5 Å². The molecule has 1 atom stereocenters. The molecule has 10 nitrogen and oxygen atoms in total. The third kappa shape index (κ3) is 3.60. The monoisotopic (exact) mass is 280 g/mol. The Bertz CT molecular complexity index is 532. The zero-order valence-corrected chi connectivity index (χ0v) is 10.9. The number of nitrogens with one attached hydrogen (secondary N) is 2. The fourth-order valence-electron chi connectivity index (χ4n) is 1.46. The van der Waals surface area contributed by atoms with Crippen molar-refractivity contribution in [2.75, 3.05) is 31.0 Å². The first-order valence-electron chi connectivity index (χ1n) is 5.86. The van der Waals surface area contributed by atoms with Crippen LogP contribution in [0.2, 0.25) is 0 Å². The van der Waals surface area contributed by atoms with Crippen molar-refractivity contribution in [3.63, 3.8) is 0 Å². The quantitative estimate of drug-likeness (QED) is 0.362. The van der Waals surface area contributed by atoms with E-state index in [0.29, 0.717) is 5.95 Å². The number of nitrogen functional groups attached to an aromatic ring is 1. The fourth-order valence-corrected chi connectivity index (χ4v) is 1.46. The molecule has 0 radical (unpaired) electrons. The number of hydrazine groups is 1. The van der Waals surface area contributed by atoms with Crippen LogP contribution < -0.4 is 16.6 Å². The van der Waals surface area contributed by atoms with Gasteiger partial charge in [-0.1, -0.05) is 0 Å². The van der Waals surface area contributed by atoms with Crippen LogP contribution >= 0.6 is 0 Å². The second-order valence-corrected chi connectivity index (χ2v) is 3.87. The zero-order chi connectivity index (χ0) is 14.4. The maximum absolute atomic E-state index is 9.57. The zero-order valence-electron chi connectivity index (χ0n) is 10.9. The van der Waals surface area contributed by atoms with E-state index in [0.717, 1.165) is 0 Å². The molecule has 0 aliphatic rings. The molecule has 5 N–H and O–H groups in total. The van der Waals surface area contributed by atoms with Gasteiger partial charge in [-0.15, -0.1) is 0 Å². The maximum Gasteiger partial charge on any atom is 0.257 e. The van der Waals surface area contributed by atoms with Crippen molar-refractivity contribution in [3.05, 3.63) is 18.5 Å². The largest absolute Gasteiger partial charge is 0.389 e. The van der Waals surface area contributed by atoms with Gasteiger partial charge in [0, 0.05) is 26.0 Å². The lowest BCUT2D eigenvalue weighted by Gasteiger charge is -2.11. The van der Waals surface area contributed by atoms with Gasteiger partial charge in [0.15, 0.2) is 0 Å². The van der Waals surface area contributed by atoms with Gasteiger partial charge in [-0.05, 0) is 6.07 Å². The number of anilines is 2. The number of nitrogens with two attached hydrogens (primary N) is 1. The highest BCUT2D eigenvalue weighted by Crippen LogP contribution is 2.07. The molecule has 0 amide bonds. The molecular weight excluding hydrogens is 264 g/mol. The highest BCUT2D eigenvalue weighted by atomic mass is 16.5. The molecule has 10 heteroatoms. The van der Waals surface area contributed by atoms with E-state index in [9.17, 15) is 5.11 Å². The number of hydrogen-bond donors (Lipinski definition) is 4. The van der Waals surface area contributed by atoms with Gasteiger partial charge in [0.2, 0.25) is 11.9 Å². The topological polar surface area (TPSA) is 136 Å². The van der Waals surface area contributed by atoms with Crippen LogP contribution in [0.5, 0.6) is 0 Å². The summed E-state index contributed by atoms with van der Waals surface area (Å²) >= 11 is 0. The standard InChI is InChI=1S/C10H16N8O2/c1-20-6-7(19)5-12-8-14-9(17-11)16-10(15-8)18-4-2-3-13-18/h2-4,7,19H,5-6,11H2,1H3,(H2,12,14,15,16,17). The number of methoxy groups -OCH3 is 1. The summed E-state index contributed by atoms with van der Waals surface area (Å²) in [7, 11) is 1.51. The van der Waals surface area contributed by atoms with E-state index >= 15 is 0 Å². The average molecular weight is 280 g/mol. The Labute approximate surface area is 115 Å². The summed E-state index contributed by atoms with van der Waals surface area (Å²) < 4.78 is 6.30. The first-order chi connectivity index (χ1) is 9.72. The summed E-state index contributed by atoms with van der Waals surface area (Å²) in [5, 5.41) is 16.5. The van der Waals surface area contributed by atoms with Crippen LogP contribution in [0.15, 0.2) is 18.5 Å². The Hall–Kier alpha value is -2.30. The first kappa shape index (κ1) is 14.1. The van der Waals surface area contributed by atoms with Crippen molar-refractivity contribution in [3.8, 4) is 5.95 Å². The lowest BCUT2D eigenvalue weighted by Crippen LogP contribution is -2.25. The number of ether oxygens (including phenoxy) is 1. The first-order valence-corrected chi connectivity index (χ1v) is 5.86. The van der Waals surface area contributed by atoms with Crippen LogP contribution in [0.4, 0.5) is 11.9 Å². The molecule has 0 fully saturated rings. The van der Waals surface area contributed by atoms with Gasteiger partial charge in [0.25, 0.3) is 5.95 Å². The molecule has 2 heterocycles. The number of aromatic nitrogens is 5. The van der Waals surface area contributed by atoms with Crippen molar-refractivity contribution in [1.29, 1.82) is 0 Å². The predicted octanol–water partition coefficient (Wildman–Crippen LogP) is -1.24. The lowest BCUT2D eigenvalue weighted by atomic mass is 10.4. The highest BCUT2D eigenvalue weighted by molar-refractivity contribution is 5.36. The summed E-state index contributed by atoms with van der Waals surface area (Å²) in [5.74, 6) is 6.08. The van der Waals surface area contributed by atoms with Gasteiger partial charge < -0.3 is 15.2 Å². The molecule has 0 aliphatic heterocycles. The number of rotatable bonds is 7. The molecule has 2 rings (SSSR count). The Morgan fingerprint density at radius 1 is 1.40 bits per heavy atom. The SMILES string of the molecule is COCC(O)CNc1nc(NN)nc(-n2cccn2)n1. The normalized spacial score (nSPS) is 12.2. The molecule has 108 valence electrons. The Balaban J connectivity index is 2.14. The summed E-state index contributed by atoms with van der Waals surface area (Å²) in [6, 6.07) is 1.74. The van der Waals surface area contributed by atoms with Gasteiger partial charge in [0.05, 0.1) is 12.7 Å². The molecule has 2 aromatic heterocycles. The fraction of sp³-hybridized carbons (Fsp3) is 0.400. The van der Waals surface area contributed by atoms with Crippen LogP contribution in [-0.2, 0) is 4.74 Å². The van der Waals surface area contributed by atoms with E-state index in [1.807, 2.05) is 0 Å². The minimum atomic E-state index is -0.667. The average Bonchev–Trinajstić information content (AvgIpc) is 2.99. The van der Waals surface area contributed by atoms with Gasteiger partial charge in [0.1, 0.15) is 0 Å². The number of nitrogens with zero attached hydrogens (tertiary/aromatic N) is 5. The van der Waals surface area contributed by atoms with Crippen molar-refractivity contribution in [2.45, 2.75) is 6.10 Å². The third-order valence-electron chi connectivity index (χ3n) is 2.32. The summed E-state index contributed by atoms with van der Waals surface area (Å²) in [6.45, 7) is 0.451. The molecule has 0 aliphatic carbocycles. The van der Waals surface area contributed by atoms with Crippen LogP contribution in [0.1, 0.15) is 0 Å². The minimum absolute atomic E-state index is 0.189. The van der Waals surface area contributed by atoms with E-state index < -0.39 is 6.10 Å². The number of hydrogen-bond acceptors (Lipinski definition) is 9. The maximum atomic E-state index is 9.57. The molecule has 1 unspecified atom stereocenters. The second-order valence-electron chi connectivity index (χ2n) is 3.87. The Kier molecular flexibility index (Phi) is 4.76. The molecule has 20 heavy (non-hydrogen) atoms. The van der Waals surface area contributed by atoms with Gasteiger partial charge in [-0.2, -0.15) is 20.1 Å². The molecular formula is C10H16N8O2. The third-order valence-corrected chi connectivity index (χ3v) is 2.32. The molecule has 0 spiro atoms. The summed E-state index contributed by atoms with van der Waals surface area (Å²) in [6.07, 6.45) is 2.63. The van der Waals surface area contributed by atoms with Gasteiger partial charge in [-0.3, -0.25) is 5.43 Å².